The number of anilines is 2. The Hall–Kier alpha value is -3.39. The number of carbonyl (C=O) groups excluding carboxylic acids is 1. The molecule has 3 aromatic rings. The zero-order chi connectivity index (χ0) is 30.9. The predicted octanol–water partition coefficient (Wildman–Crippen LogP) is 7.06. The first-order valence-corrected chi connectivity index (χ1v) is 16.6. The fourth-order valence-electron chi connectivity index (χ4n) is 7.17. The van der Waals surface area contributed by atoms with Gasteiger partial charge in [-0.2, -0.15) is 4.98 Å². The van der Waals surface area contributed by atoms with E-state index in [9.17, 15) is 4.79 Å². The van der Waals surface area contributed by atoms with E-state index in [1.54, 1.807) is 6.20 Å². The second-order valence-electron chi connectivity index (χ2n) is 14.4. The lowest BCUT2D eigenvalue weighted by Gasteiger charge is -2.42. The molecule has 1 saturated carbocycles. The Labute approximate surface area is 262 Å². The van der Waals surface area contributed by atoms with E-state index in [-0.39, 0.29) is 34.9 Å². The summed E-state index contributed by atoms with van der Waals surface area (Å²) in [6, 6.07) is 10.4. The molecular formula is C36H49N5O3. The number of amides is 1. The molecule has 3 unspecified atom stereocenters. The number of aryl methyl sites for hydroxylation is 1. The maximum atomic E-state index is 13.4. The number of rotatable bonds is 9. The Morgan fingerprint density at radius 1 is 0.955 bits per heavy atom. The second kappa shape index (κ2) is 12.5. The van der Waals surface area contributed by atoms with Crippen molar-refractivity contribution in [1.29, 1.82) is 0 Å². The molecule has 0 radical (unpaired) electrons. The summed E-state index contributed by atoms with van der Waals surface area (Å²) in [6.45, 7) is 13.2. The van der Waals surface area contributed by atoms with E-state index >= 15 is 0 Å². The fraction of sp³-hybridized carbons (Fsp3) is 0.583. The number of benzene rings is 1. The van der Waals surface area contributed by atoms with Crippen molar-refractivity contribution in [1.82, 2.24) is 15.3 Å². The normalized spacial score (nSPS) is 24.0. The van der Waals surface area contributed by atoms with Crippen LogP contribution in [0.2, 0.25) is 0 Å². The van der Waals surface area contributed by atoms with Gasteiger partial charge in [0.2, 0.25) is 5.95 Å². The van der Waals surface area contributed by atoms with Gasteiger partial charge < -0.3 is 25.1 Å². The van der Waals surface area contributed by atoms with Crippen molar-refractivity contribution in [2.75, 3.05) is 23.8 Å². The van der Waals surface area contributed by atoms with Gasteiger partial charge in [-0.3, -0.25) is 4.79 Å². The molecule has 2 aromatic heterocycles. The van der Waals surface area contributed by atoms with Gasteiger partial charge in [-0.15, -0.1) is 0 Å². The van der Waals surface area contributed by atoms with Crippen LogP contribution in [0.4, 0.5) is 11.8 Å². The third-order valence-corrected chi connectivity index (χ3v) is 10.1. The van der Waals surface area contributed by atoms with Gasteiger partial charge in [0.05, 0.1) is 6.10 Å². The van der Waals surface area contributed by atoms with Gasteiger partial charge in [0.15, 0.2) is 5.76 Å². The SMILES string of the molecule is Cc1cc2c(cc1Cc1ccc(C(=O)NC3CCCCC3Nc3nccc(NCC4CCCO4)n3)o1)C(C)(C)CCC2(C)C. The van der Waals surface area contributed by atoms with Gasteiger partial charge in [0, 0.05) is 37.9 Å². The van der Waals surface area contributed by atoms with Gasteiger partial charge >= 0.3 is 0 Å². The molecule has 8 nitrogen and oxygen atoms in total. The highest BCUT2D eigenvalue weighted by Gasteiger charge is 2.37. The third-order valence-electron chi connectivity index (χ3n) is 10.1. The molecule has 236 valence electrons. The Morgan fingerprint density at radius 2 is 1.70 bits per heavy atom. The minimum Gasteiger partial charge on any atom is -0.456 e. The predicted molar refractivity (Wildman–Crippen MR) is 175 cm³/mol. The van der Waals surface area contributed by atoms with Crippen molar-refractivity contribution in [3.8, 4) is 0 Å². The van der Waals surface area contributed by atoms with Crippen molar-refractivity contribution >= 4 is 17.7 Å². The number of hydrogen-bond donors (Lipinski definition) is 3. The fourth-order valence-corrected chi connectivity index (χ4v) is 7.17. The smallest absolute Gasteiger partial charge is 0.287 e. The van der Waals surface area contributed by atoms with Crippen molar-refractivity contribution in [2.45, 2.75) is 121 Å². The molecule has 3 atom stereocenters. The molecule has 6 rings (SSSR count). The number of hydrogen-bond acceptors (Lipinski definition) is 7. The monoisotopic (exact) mass is 599 g/mol. The Bertz CT molecular complexity index is 1470. The van der Waals surface area contributed by atoms with Crippen LogP contribution in [-0.4, -0.2) is 47.2 Å². The first kappa shape index (κ1) is 30.6. The minimum absolute atomic E-state index is 0.0367. The largest absolute Gasteiger partial charge is 0.456 e. The van der Waals surface area contributed by atoms with E-state index in [0.717, 1.165) is 63.3 Å². The van der Waals surface area contributed by atoms with Crippen molar-refractivity contribution < 1.29 is 13.9 Å². The van der Waals surface area contributed by atoms with Crippen LogP contribution in [0.15, 0.2) is 40.9 Å². The number of aromatic nitrogens is 2. The van der Waals surface area contributed by atoms with Crippen LogP contribution >= 0.6 is 0 Å². The zero-order valence-corrected chi connectivity index (χ0v) is 27.1. The highest BCUT2D eigenvalue weighted by Crippen LogP contribution is 2.46. The van der Waals surface area contributed by atoms with Gasteiger partial charge in [0.1, 0.15) is 11.6 Å². The number of fused-ring (bicyclic) bond motifs is 1. The molecule has 0 bridgehead atoms. The Balaban J connectivity index is 1.09. The van der Waals surface area contributed by atoms with E-state index in [0.29, 0.717) is 18.1 Å². The summed E-state index contributed by atoms with van der Waals surface area (Å²) in [6.07, 6.45) is 11.3. The summed E-state index contributed by atoms with van der Waals surface area (Å²) in [5.41, 5.74) is 5.80. The van der Waals surface area contributed by atoms with Crippen LogP contribution in [0.3, 0.4) is 0 Å². The standard InChI is InChI=1S/C36H49N5O3/c1-23-19-27-28(36(4,5)16-15-35(27,2)3)21-24(23)20-25-12-13-31(44-25)33(42)39-29-10-6-7-11-30(29)40-34-37-17-14-32(41-34)38-22-26-9-8-18-43-26/h12-14,17,19,21,26,29-30H,6-11,15-16,18,20,22H2,1-5H3,(H,39,42)(H2,37,38,40,41). The van der Waals surface area contributed by atoms with Crippen LogP contribution in [0, 0.1) is 6.92 Å². The molecule has 1 aliphatic heterocycles. The van der Waals surface area contributed by atoms with E-state index in [1.165, 1.54) is 35.1 Å². The minimum atomic E-state index is -0.173. The maximum Gasteiger partial charge on any atom is 0.287 e. The summed E-state index contributed by atoms with van der Waals surface area (Å²) < 4.78 is 11.9. The second-order valence-corrected chi connectivity index (χ2v) is 14.4. The van der Waals surface area contributed by atoms with Crippen LogP contribution in [0.5, 0.6) is 0 Å². The van der Waals surface area contributed by atoms with Gasteiger partial charge in [-0.05, 0) is 96.7 Å². The van der Waals surface area contributed by atoms with E-state index in [2.05, 4.69) is 72.7 Å². The molecule has 8 heteroatoms. The van der Waals surface area contributed by atoms with Crippen LogP contribution in [0.25, 0.3) is 0 Å². The van der Waals surface area contributed by atoms with Gasteiger partial charge in [-0.25, -0.2) is 4.98 Å². The highest BCUT2D eigenvalue weighted by molar-refractivity contribution is 5.91. The first-order chi connectivity index (χ1) is 21.1. The molecule has 1 saturated heterocycles. The lowest BCUT2D eigenvalue weighted by Crippen LogP contribution is -2.48. The van der Waals surface area contributed by atoms with Crippen LogP contribution in [-0.2, 0) is 22.0 Å². The third kappa shape index (κ3) is 6.80. The van der Waals surface area contributed by atoms with Gasteiger partial charge in [0.25, 0.3) is 5.91 Å². The zero-order valence-electron chi connectivity index (χ0n) is 27.1. The summed E-state index contributed by atoms with van der Waals surface area (Å²) in [5, 5.41) is 10.1. The summed E-state index contributed by atoms with van der Waals surface area (Å²) in [7, 11) is 0. The molecule has 3 aliphatic rings. The van der Waals surface area contributed by atoms with Crippen molar-refractivity contribution in [3.05, 3.63) is 70.3 Å². The average molecular weight is 600 g/mol. The molecule has 3 heterocycles. The van der Waals surface area contributed by atoms with E-state index in [4.69, 9.17) is 9.15 Å². The first-order valence-electron chi connectivity index (χ1n) is 16.6. The van der Waals surface area contributed by atoms with E-state index < -0.39 is 0 Å². The number of nitrogens with zero attached hydrogens (tertiary/aromatic N) is 2. The summed E-state index contributed by atoms with van der Waals surface area (Å²) in [4.78, 5) is 22.5. The molecule has 2 fully saturated rings. The molecular weight excluding hydrogens is 550 g/mol. The highest BCUT2D eigenvalue weighted by atomic mass is 16.5. The lowest BCUT2D eigenvalue weighted by atomic mass is 9.62. The van der Waals surface area contributed by atoms with Gasteiger partial charge in [-0.1, -0.05) is 52.7 Å². The number of nitrogens with one attached hydrogen (secondary N) is 3. The lowest BCUT2D eigenvalue weighted by molar-refractivity contribution is 0.0894. The summed E-state index contributed by atoms with van der Waals surface area (Å²) >= 11 is 0. The molecule has 44 heavy (non-hydrogen) atoms. The van der Waals surface area contributed by atoms with E-state index in [1.807, 2.05) is 18.2 Å². The molecule has 3 N–H and O–H groups in total. The number of carbonyl (C=O) groups is 1. The van der Waals surface area contributed by atoms with Crippen LogP contribution < -0.4 is 16.0 Å². The molecule has 1 aromatic carbocycles. The molecule has 0 spiro atoms. The van der Waals surface area contributed by atoms with Crippen molar-refractivity contribution in [2.24, 2.45) is 0 Å². The maximum absolute atomic E-state index is 13.4. The van der Waals surface area contributed by atoms with Crippen LogP contribution in [0.1, 0.15) is 118 Å². The topological polar surface area (TPSA) is 101 Å². The Kier molecular flexibility index (Phi) is 8.73. The Morgan fingerprint density at radius 3 is 2.45 bits per heavy atom. The average Bonchev–Trinajstić information content (AvgIpc) is 3.69. The number of furan rings is 1. The molecule has 1 amide bonds. The molecule has 2 aliphatic carbocycles. The number of ether oxygens (including phenoxy) is 1. The summed E-state index contributed by atoms with van der Waals surface area (Å²) in [5.74, 6) is 2.34. The van der Waals surface area contributed by atoms with Crippen molar-refractivity contribution in [3.63, 3.8) is 0 Å². The quantitative estimate of drug-likeness (QED) is 0.242.